The van der Waals surface area contributed by atoms with Gasteiger partial charge in [-0.15, -0.1) is 0 Å². The summed E-state index contributed by atoms with van der Waals surface area (Å²) in [5.41, 5.74) is -1.14. The van der Waals surface area contributed by atoms with Crippen molar-refractivity contribution in [2.75, 3.05) is 0 Å². The van der Waals surface area contributed by atoms with Crippen LogP contribution in [-0.4, -0.2) is 22.7 Å². The molecule has 0 saturated heterocycles. The van der Waals surface area contributed by atoms with Gasteiger partial charge < -0.3 is 10.4 Å². The number of carboxylic acids is 1. The van der Waals surface area contributed by atoms with Crippen LogP contribution in [0.3, 0.4) is 0 Å². The van der Waals surface area contributed by atoms with E-state index in [-0.39, 0.29) is 5.54 Å². The molecule has 17 heavy (non-hydrogen) atoms. The lowest BCUT2D eigenvalue weighted by atomic mass is 9.73. The summed E-state index contributed by atoms with van der Waals surface area (Å²) in [4.78, 5) is 11.3. The molecule has 0 aromatic heterocycles. The van der Waals surface area contributed by atoms with Gasteiger partial charge in [-0.1, -0.05) is 19.8 Å². The standard InChI is InChI=1S/C14H27NO2/c1-10-7-6-8-11(9-10)15-14(4,5)13(2,3)12(16)17/h10-11,15H,6-9H2,1-5H3,(H,16,17). The summed E-state index contributed by atoms with van der Waals surface area (Å²) in [5.74, 6) is 0.0175. The maximum absolute atomic E-state index is 11.3. The van der Waals surface area contributed by atoms with Gasteiger partial charge in [0.05, 0.1) is 5.41 Å². The average Bonchev–Trinajstić information content (AvgIpc) is 2.16. The summed E-state index contributed by atoms with van der Waals surface area (Å²) in [6.07, 6.45) is 4.89. The van der Waals surface area contributed by atoms with E-state index in [0.717, 1.165) is 5.92 Å². The first-order valence-electron chi connectivity index (χ1n) is 6.68. The van der Waals surface area contributed by atoms with Gasteiger partial charge in [-0.2, -0.15) is 0 Å². The van der Waals surface area contributed by atoms with Crippen LogP contribution in [-0.2, 0) is 4.79 Å². The molecule has 1 saturated carbocycles. The van der Waals surface area contributed by atoms with Crippen LogP contribution in [0.25, 0.3) is 0 Å². The van der Waals surface area contributed by atoms with Crippen LogP contribution >= 0.6 is 0 Å². The molecule has 0 aromatic rings. The summed E-state index contributed by atoms with van der Waals surface area (Å²) < 4.78 is 0. The van der Waals surface area contributed by atoms with Crippen LogP contribution in [0.1, 0.15) is 60.3 Å². The molecule has 2 N–H and O–H groups in total. The molecule has 0 heterocycles. The lowest BCUT2D eigenvalue weighted by Crippen LogP contribution is -2.58. The minimum Gasteiger partial charge on any atom is -0.481 e. The molecule has 0 radical (unpaired) electrons. The summed E-state index contributed by atoms with van der Waals surface area (Å²) in [6, 6.07) is 0.465. The second kappa shape index (κ2) is 4.97. The fourth-order valence-electron chi connectivity index (χ4n) is 2.52. The second-order valence-corrected chi connectivity index (χ2v) is 6.67. The molecule has 0 bridgehead atoms. The van der Waals surface area contributed by atoms with Crippen LogP contribution in [0.4, 0.5) is 0 Å². The minimum absolute atomic E-state index is 0.388. The molecule has 2 atom stereocenters. The number of hydrogen-bond acceptors (Lipinski definition) is 2. The van der Waals surface area contributed by atoms with Gasteiger partial charge >= 0.3 is 5.97 Å². The Morgan fingerprint density at radius 3 is 2.29 bits per heavy atom. The zero-order chi connectivity index (χ0) is 13.3. The molecule has 1 aliphatic carbocycles. The Morgan fingerprint density at radius 2 is 1.82 bits per heavy atom. The molecule has 2 unspecified atom stereocenters. The Kier molecular flexibility index (Phi) is 4.23. The minimum atomic E-state index is -0.756. The van der Waals surface area contributed by atoms with Crippen molar-refractivity contribution in [2.24, 2.45) is 11.3 Å². The second-order valence-electron chi connectivity index (χ2n) is 6.67. The molecular formula is C14H27NO2. The quantitative estimate of drug-likeness (QED) is 0.795. The Labute approximate surface area is 105 Å². The monoisotopic (exact) mass is 241 g/mol. The highest BCUT2D eigenvalue weighted by Crippen LogP contribution is 2.33. The van der Waals surface area contributed by atoms with Crippen molar-refractivity contribution in [3.8, 4) is 0 Å². The van der Waals surface area contributed by atoms with Crippen LogP contribution in [0, 0.1) is 11.3 Å². The first-order valence-corrected chi connectivity index (χ1v) is 6.68. The van der Waals surface area contributed by atoms with Crippen molar-refractivity contribution in [1.29, 1.82) is 0 Å². The van der Waals surface area contributed by atoms with E-state index in [0.29, 0.717) is 6.04 Å². The molecule has 0 spiro atoms. The van der Waals surface area contributed by atoms with E-state index >= 15 is 0 Å². The largest absolute Gasteiger partial charge is 0.481 e. The Balaban J connectivity index is 2.68. The zero-order valence-electron chi connectivity index (χ0n) is 11.8. The number of nitrogens with one attached hydrogen (secondary N) is 1. The van der Waals surface area contributed by atoms with Gasteiger partial charge in [-0.3, -0.25) is 4.79 Å². The van der Waals surface area contributed by atoms with Crippen molar-refractivity contribution >= 4 is 5.97 Å². The van der Waals surface area contributed by atoms with Gasteiger partial charge in [0.15, 0.2) is 0 Å². The van der Waals surface area contributed by atoms with E-state index in [9.17, 15) is 9.90 Å². The Hall–Kier alpha value is -0.570. The average molecular weight is 241 g/mol. The first-order chi connectivity index (χ1) is 7.67. The number of rotatable bonds is 4. The van der Waals surface area contributed by atoms with Gasteiger partial charge in [0.25, 0.3) is 0 Å². The molecule has 100 valence electrons. The number of hydrogen-bond donors (Lipinski definition) is 2. The Bertz CT molecular complexity index is 284. The first kappa shape index (κ1) is 14.5. The van der Waals surface area contributed by atoms with Gasteiger partial charge in [0.2, 0.25) is 0 Å². The van der Waals surface area contributed by atoms with E-state index < -0.39 is 11.4 Å². The van der Waals surface area contributed by atoms with E-state index in [1.807, 2.05) is 13.8 Å². The lowest BCUT2D eigenvalue weighted by molar-refractivity contribution is -0.151. The third-order valence-electron chi connectivity index (χ3n) is 4.60. The van der Waals surface area contributed by atoms with Gasteiger partial charge in [-0.05, 0) is 46.5 Å². The zero-order valence-corrected chi connectivity index (χ0v) is 11.8. The molecule has 1 fully saturated rings. The molecule has 0 aliphatic heterocycles. The van der Waals surface area contributed by atoms with Crippen LogP contribution in [0.5, 0.6) is 0 Å². The van der Waals surface area contributed by atoms with Crippen molar-refractivity contribution in [1.82, 2.24) is 5.32 Å². The topological polar surface area (TPSA) is 49.3 Å². The third kappa shape index (κ3) is 3.21. The number of aliphatic carboxylic acids is 1. The Morgan fingerprint density at radius 1 is 1.24 bits per heavy atom. The molecular weight excluding hydrogens is 214 g/mol. The molecule has 1 rings (SSSR count). The third-order valence-corrected chi connectivity index (χ3v) is 4.60. The molecule has 1 aliphatic rings. The maximum Gasteiger partial charge on any atom is 0.310 e. The molecule has 0 aromatic carbocycles. The summed E-state index contributed by atoms with van der Waals surface area (Å²) in [5, 5.41) is 12.9. The van der Waals surface area contributed by atoms with E-state index in [1.165, 1.54) is 25.7 Å². The van der Waals surface area contributed by atoms with E-state index in [2.05, 4.69) is 12.2 Å². The highest BCUT2D eigenvalue weighted by Gasteiger charge is 2.44. The molecule has 3 heteroatoms. The predicted molar refractivity (Wildman–Crippen MR) is 70.1 cm³/mol. The van der Waals surface area contributed by atoms with Crippen molar-refractivity contribution in [3.63, 3.8) is 0 Å². The SMILES string of the molecule is CC1CCCC(NC(C)(C)C(C)(C)C(=O)O)C1. The van der Waals surface area contributed by atoms with E-state index in [4.69, 9.17) is 0 Å². The van der Waals surface area contributed by atoms with Crippen molar-refractivity contribution in [2.45, 2.75) is 71.9 Å². The highest BCUT2D eigenvalue weighted by atomic mass is 16.4. The molecule has 3 nitrogen and oxygen atoms in total. The highest BCUT2D eigenvalue weighted by molar-refractivity contribution is 5.75. The fraction of sp³-hybridized carbons (Fsp3) is 0.929. The predicted octanol–water partition coefficient (Wildman–Crippen LogP) is 3.04. The van der Waals surface area contributed by atoms with Gasteiger partial charge in [0.1, 0.15) is 0 Å². The van der Waals surface area contributed by atoms with E-state index in [1.54, 1.807) is 13.8 Å². The van der Waals surface area contributed by atoms with Crippen LogP contribution in [0.2, 0.25) is 0 Å². The van der Waals surface area contributed by atoms with Crippen LogP contribution < -0.4 is 5.32 Å². The van der Waals surface area contributed by atoms with Crippen molar-refractivity contribution in [3.05, 3.63) is 0 Å². The maximum atomic E-state index is 11.3. The summed E-state index contributed by atoms with van der Waals surface area (Å²) in [7, 11) is 0. The molecule has 0 amide bonds. The smallest absolute Gasteiger partial charge is 0.310 e. The van der Waals surface area contributed by atoms with Crippen molar-refractivity contribution < 1.29 is 9.90 Å². The fourth-order valence-corrected chi connectivity index (χ4v) is 2.52. The van der Waals surface area contributed by atoms with Crippen LogP contribution in [0.15, 0.2) is 0 Å². The normalized spacial score (nSPS) is 26.9. The summed E-state index contributed by atoms with van der Waals surface area (Å²) >= 11 is 0. The van der Waals surface area contributed by atoms with Gasteiger partial charge in [0, 0.05) is 11.6 Å². The lowest BCUT2D eigenvalue weighted by Gasteiger charge is -2.43. The number of carbonyl (C=O) groups is 1. The summed E-state index contributed by atoms with van der Waals surface area (Å²) in [6.45, 7) is 9.88. The number of carboxylic acid groups (broad SMARTS) is 1. The van der Waals surface area contributed by atoms with Gasteiger partial charge in [-0.25, -0.2) is 0 Å².